The summed E-state index contributed by atoms with van der Waals surface area (Å²) in [5.74, 6) is -1.09. The van der Waals surface area contributed by atoms with Crippen LogP contribution in [-0.2, 0) is 0 Å². The quantitative estimate of drug-likeness (QED) is 0.449. The number of benzene rings is 1. The zero-order valence-corrected chi connectivity index (χ0v) is 7.06. The van der Waals surface area contributed by atoms with Crippen molar-refractivity contribution in [1.82, 2.24) is 0 Å². The Morgan fingerprint density at radius 2 is 2.31 bits per heavy atom. The zero-order chi connectivity index (χ0) is 9.84. The Hall–Kier alpha value is -1.71. The minimum Gasteiger partial charge on any atom is -0.478 e. The van der Waals surface area contributed by atoms with Gasteiger partial charge < -0.3 is 5.11 Å². The summed E-state index contributed by atoms with van der Waals surface area (Å²) in [6.45, 7) is 0. The number of carbonyl (C=O) groups is 1. The highest BCUT2D eigenvalue weighted by Gasteiger charge is 2.05. The van der Waals surface area contributed by atoms with Crippen molar-refractivity contribution in [2.75, 3.05) is 0 Å². The third-order valence-electron chi connectivity index (χ3n) is 1.35. The first-order chi connectivity index (χ1) is 6.15. The van der Waals surface area contributed by atoms with E-state index in [-0.39, 0.29) is 16.3 Å². The first kappa shape index (κ1) is 9.38. The molecular formula is C7H4ClN3O2. The molecule has 13 heavy (non-hydrogen) atoms. The standard InChI is InChI=1S/C7H4ClN3O2/c8-5-2-1-4(7(12)13)3-6(5)10-11-9/h1-3H,(H,12,13). The summed E-state index contributed by atoms with van der Waals surface area (Å²) in [5.41, 5.74) is 8.27. The zero-order valence-electron chi connectivity index (χ0n) is 6.31. The van der Waals surface area contributed by atoms with Gasteiger partial charge in [0.15, 0.2) is 0 Å². The molecule has 0 unspecified atom stereocenters. The average Bonchev–Trinajstić information content (AvgIpc) is 2.08. The van der Waals surface area contributed by atoms with Crippen LogP contribution in [0.2, 0.25) is 5.02 Å². The molecule has 0 fully saturated rings. The summed E-state index contributed by atoms with van der Waals surface area (Å²) in [7, 11) is 0. The monoisotopic (exact) mass is 197 g/mol. The lowest BCUT2D eigenvalue weighted by Gasteiger charge is -1.97. The van der Waals surface area contributed by atoms with Crippen molar-refractivity contribution in [1.29, 1.82) is 0 Å². The van der Waals surface area contributed by atoms with Gasteiger partial charge in [-0.15, -0.1) is 0 Å². The Bertz CT molecular complexity index is 399. The van der Waals surface area contributed by atoms with E-state index in [0.29, 0.717) is 0 Å². The Labute approximate surface area is 78.2 Å². The molecule has 5 nitrogen and oxygen atoms in total. The maximum absolute atomic E-state index is 10.5. The van der Waals surface area contributed by atoms with Gasteiger partial charge in [0.25, 0.3) is 0 Å². The van der Waals surface area contributed by atoms with Gasteiger partial charge in [0.2, 0.25) is 0 Å². The van der Waals surface area contributed by atoms with Gasteiger partial charge >= 0.3 is 5.97 Å². The molecule has 0 aromatic heterocycles. The van der Waals surface area contributed by atoms with Gasteiger partial charge in [-0.25, -0.2) is 4.79 Å². The van der Waals surface area contributed by atoms with E-state index in [0.717, 1.165) is 0 Å². The van der Waals surface area contributed by atoms with Crippen molar-refractivity contribution in [3.05, 3.63) is 39.2 Å². The van der Waals surface area contributed by atoms with Crippen molar-refractivity contribution in [2.45, 2.75) is 0 Å². The largest absolute Gasteiger partial charge is 0.478 e. The molecule has 0 bridgehead atoms. The van der Waals surface area contributed by atoms with Gasteiger partial charge in [0.1, 0.15) is 0 Å². The van der Waals surface area contributed by atoms with E-state index in [1.807, 2.05) is 0 Å². The van der Waals surface area contributed by atoms with E-state index >= 15 is 0 Å². The summed E-state index contributed by atoms with van der Waals surface area (Å²) in [5, 5.41) is 12.0. The number of aromatic carboxylic acids is 1. The normalized spacial score (nSPS) is 9.00. The molecule has 1 rings (SSSR count). The topological polar surface area (TPSA) is 86.1 Å². The molecule has 0 spiro atoms. The molecular weight excluding hydrogens is 194 g/mol. The maximum Gasteiger partial charge on any atom is 0.335 e. The van der Waals surface area contributed by atoms with Gasteiger partial charge in [-0.05, 0) is 23.7 Å². The lowest BCUT2D eigenvalue weighted by Crippen LogP contribution is -1.94. The van der Waals surface area contributed by atoms with Crippen LogP contribution < -0.4 is 0 Å². The molecule has 0 saturated heterocycles. The number of carboxylic acid groups (broad SMARTS) is 1. The Morgan fingerprint density at radius 1 is 1.62 bits per heavy atom. The first-order valence-corrected chi connectivity index (χ1v) is 3.61. The molecule has 1 N–H and O–H groups in total. The van der Waals surface area contributed by atoms with E-state index < -0.39 is 5.97 Å². The fourth-order valence-electron chi connectivity index (χ4n) is 0.771. The van der Waals surface area contributed by atoms with Crippen LogP contribution in [0, 0.1) is 0 Å². The van der Waals surface area contributed by atoms with Gasteiger partial charge in [-0.1, -0.05) is 16.7 Å². The lowest BCUT2D eigenvalue weighted by atomic mass is 10.2. The Balaban J connectivity index is 3.26. The van der Waals surface area contributed by atoms with Crippen LogP contribution in [0.5, 0.6) is 0 Å². The van der Waals surface area contributed by atoms with Crippen LogP contribution in [0.1, 0.15) is 10.4 Å². The van der Waals surface area contributed by atoms with Crippen LogP contribution in [-0.4, -0.2) is 11.1 Å². The minimum absolute atomic E-state index is 0.0341. The SMILES string of the molecule is [N-]=[N+]=Nc1cc(C(=O)O)ccc1Cl. The van der Waals surface area contributed by atoms with Crippen LogP contribution in [0.25, 0.3) is 10.4 Å². The van der Waals surface area contributed by atoms with Crippen molar-refractivity contribution < 1.29 is 9.90 Å². The van der Waals surface area contributed by atoms with E-state index in [1.165, 1.54) is 18.2 Å². The molecule has 0 aliphatic carbocycles. The molecule has 6 heteroatoms. The molecule has 0 aliphatic rings. The van der Waals surface area contributed by atoms with Crippen LogP contribution in [0.15, 0.2) is 23.3 Å². The highest BCUT2D eigenvalue weighted by molar-refractivity contribution is 6.33. The van der Waals surface area contributed by atoms with Crippen LogP contribution >= 0.6 is 11.6 Å². The Morgan fingerprint density at radius 3 is 2.85 bits per heavy atom. The summed E-state index contributed by atoms with van der Waals surface area (Å²) >= 11 is 5.62. The van der Waals surface area contributed by atoms with Crippen LogP contribution in [0.3, 0.4) is 0 Å². The number of azide groups is 1. The summed E-state index contributed by atoms with van der Waals surface area (Å²) in [6, 6.07) is 3.92. The number of hydrogen-bond donors (Lipinski definition) is 1. The third kappa shape index (κ3) is 2.11. The molecule has 0 atom stereocenters. The molecule has 66 valence electrons. The average molecular weight is 198 g/mol. The molecule has 0 heterocycles. The van der Waals surface area contributed by atoms with E-state index in [1.54, 1.807) is 0 Å². The second kappa shape index (κ2) is 3.80. The van der Waals surface area contributed by atoms with E-state index in [9.17, 15) is 4.79 Å². The van der Waals surface area contributed by atoms with Crippen molar-refractivity contribution in [2.24, 2.45) is 5.11 Å². The number of nitrogens with zero attached hydrogens (tertiary/aromatic N) is 3. The predicted octanol–water partition coefficient (Wildman–Crippen LogP) is 2.98. The van der Waals surface area contributed by atoms with Gasteiger partial charge in [-0.3, -0.25) is 0 Å². The number of rotatable bonds is 2. The predicted molar refractivity (Wildman–Crippen MR) is 47.2 cm³/mol. The highest BCUT2D eigenvalue weighted by Crippen LogP contribution is 2.25. The molecule has 0 aliphatic heterocycles. The second-order valence-electron chi connectivity index (χ2n) is 2.16. The fourth-order valence-corrected chi connectivity index (χ4v) is 0.926. The molecule has 0 amide bonds. The van der Waals surface area contributed by atoms with E-state index in [4.69, 9.17) is 22.2 Å². The van der Waals surface area contributed by atoms with Gasteiger partial charge in [0.05, 0.1) is 16.3 Å². The molecule has 1 aromatic rings. The van der Waals surface area contributed by atoms with Gasteiger partial charge in [0, 0.05) is 4.91 Å². The molecule has 1 aromatic carbocycles. The minimum atomic E-state index is -1.09. The smallest absolute Gasteiger partial charge is 0.335 e. The summed E-state index contributed by atoms with van der Waals surface area (Å²) in [4.78, 5) is 13.0. The highest BCUT2D eigenvalue weighted by atomic mass is 35.5. The number of halogens is 1. The maximum atomic E-state index is 10.5. The first-order valence-electron chi connectivity index (χ1n) is 3.23. The van der Waals surface area contributed by atoms with Crippen molar-refractivity contribution >= 4 is 23.3 Å². The van der Waals surface area contributed by atoms with Crippen molar-refractivity contribution in [3.63, 3.8) is 0 Å². The number of carboxylic acids is 1. The molecule has 0 saturated carbocycles. The second-order valence-corrected chi connectivity index (χ2v) is 2.57. The molecule has 0 radical (unpaired) electrons. The fraction of sp³-hybridized carbons (Fsp3) is 0. The lowest BCUT2D eigenvalue weighted by molar-refractivity contribution is 0.0697. The van der Waals surface area contributed by atoms with Crippen molar-refractivity contribution in [3.8, 4) is 0 Å². The van der Waals surface area contributed by atoms with E-state index in [2.05, 4.69) is 10.0 Å². The summed E-state index contributed by atoms with van der Waals surface area (Å²) < 4.78 is 0. The third-order valence-corrected chi connectivity index (χ3v) is 1.67. The Kier molecular flexibility index (Phi) is 2.74. The summed E-state index contributed by atoms with van der Waals surface area (Å²) in [6.07, 6.45) is 0. The van der Waals surface area contributed by atoms with Gasteiger partial charge in [-0.2, -0.15) is 0 Å². The van der Waals surface area contributed by atoms with Crippen LogP contribution in [0.4, 0.5) is 5.69 Å². The number of hydrogen-bond acceptors (Lipinski definition) is 2.